The van der Waals surface area contributed by atoms with Gasteiger partial charge >= 0.3 is 0 Å². The van der Waals surface area contributed by atoms with Crippen LogP contribution in [0.5, 0.6) is 0 Å². The fourth-order valence-electron chi connectivity index (χ4n) is 6.30. The first-order valence-corrected chi connectivity index (χ1v) is 18.0. The number of aliphatic hydroxyl groups excluding tert-OH is 1. The molecule has 0 fully saturated rings. The molecule has 3 heterocycles. The van der Waals surface area contributed by atoms with E-state index in [1.165, 1.54) is 17.0 Å². The number of hydrogen-bond donors (Lipinski definition) is 1. The Morgan fingerprint density at radius 1 is 0.824 bits per heavy atom. The Bertz CT molecular complexity index is 2170. The second kappa shape index (κ2) is 15.7. The summed E-state index contributed by atoms with van der Waals surface area (Å²) in [5.41, 5.74) is 6.33. The molecule has 6 aromatic rings. The van der Waals surface area contributed by atoms with E-state index in [4.69, 9.17) is 13.8 Å². The number of aryl methyl sites for hydroxylation is 1. The van der Waals surface area contributed by atoms with E-state index >= 15 is 0 Å². The van der Waals surface area contributed by atoms with Crippen LogP contribution >= 0.6 is 0 Å². The molecule has 0 bridgehead atoms. The number of carbonyl (C=O) groups is 1. The van der Waals surface area contributed by atoms with E-state index < -0.39 is 0 Å². The molecule has 5 nitrogen and oxygen atoms in total. The first-order valence-electron chi connectivity index (χ1n) is 18.0. The van der Waals surface area contributed by atoms with E-state index in [2.05, 4.69) is 82.3 Å². The Morgan fingerprint density at radius 2 is 1.49 bits per heavy atom. The van der Waals surface area contributed by atoms with Crippen molar-refractivity contribution in [3.63, 3.8) is 0 Å². The quantitative estimate of drug-likeness (QED) is 0.0890. The fraction of sp³-hybridized carbons (Fsp3) is 0.378. The van der Waals surface area contributed by atoms with Gasteiger partial charge in [0.1, 0.15) is 22.7 Å². The van der Waals surface area contributed by atoms with Crippen LogP contribution in [-0.2, 0) is 30.3 Å². The number of furan rings is 2. The topological polar surface area (TPSA) is 76.5 Å². The van der Waals surface area contributed by atoms with Crippen LogP contribution in [0.3, 0.4) is 0 Å². The summed E-state index contributed by atoms with van der Waals surface area (Å²) >= 11 is 0. The third-order valence-electron chi connectivity index (χ3n) is 10.9. The Hall–Kier alpha value is -3.99. The minimum absolute atomic E-state index is 0. The smallest absolute Gasteiger partial charge is 0.164 e. The molecule has 0 saturated carbocycles. The number of nitrogens with zero attached hydrogens (tertiary/aromatic N) is 1. The molecule has 51 heavy (non-hydrogen) atoms. The second-order valence-corrected chi connectivity index (χ2v) is 15.1. The van der Waals surface area contributed by atoms with Crippen molar-refractivity contribution in [3.8, 4) is 22.6 Å². The van der Waals surface area contributed by atoms with Crippen LogP contribution in [0.4, 0.5) is 0 Å². The molecule has 0 aliphatic rings. The number of aromatic nitrogens is 1. The molecular weight excluding hydrogens is 811 g/mol. The summed E-state index contributed by atoms with van der Waals surface area (Å²) in [6.07, 6.45) is 8.35. The third kappa shape index (κ3) is 8.08. The zero-order chi connectivity index (χ0) is 36.4. The number of pyridine rings is 1. The van der Waals surface area contributed by atoms with E-state index in [9.17, 15) is 9.90 Å². The van der Waals surface area contributed by atoms with Crippen LogP contribution in [0, 0.1) is 23.8 Å². The number of aliphatic hydroxyl groups is 1. The van der Waals surface area contributed by atoms with Crippen molar-refractivity contribution in [1.82, 2.24) is 4.98 Å². The first-order chi connectivity index (χ1) is 23.7. The van der Waals surface area contributed by atoms with E-state index in [1.807, 2.05) is 59.9 Å². The zero-order valence-corrected chi connectivity index (χ0v) is 34.2. The van der Waals surface area contributed by atoms with Gasteiger partial charge in [-0.05, 0) is 61.8 Å². The number of fused-ring (bicyclic) bond motifs is 3. The van der Waals surface area contributed by atoms with Gasteiger partial charge in [-0.15, -0.1) is 29.1 Å². The Kier molecular flexibility index (Phi) is 12.3. The summed E-state index contributed by atoms with van der Waals surface area (Å²) in [4.78, 5) is 16.9. The van der Waals surface area contributed by atoms with E-state index in [1.54, 1.807) is 6.26 Å². The Labute approximate surface area is 316 Å². The van der Waals surface area contributed by atoms with Gasteiger partial charge in [0.2, 0.25) is 0 Å². The van der Waals surface area contributed by atoms with Crippen molar-refractivity contribution in [3.05, 3.63) is 102 Å². The summed E-state index contributed by atoms with van der Waals surface area (Å²) in [7, 11) is 0. The van der Waals surface area contributed by atoms with E-state index in [-0.39, 0.29) is 47.9 Å². The van der Waals surface area contributed by atoms with Crippen LogP contribution in [0.1, 0.15) is 99.1 Å². The molecule has 0 unspecified atom stereocenters. The van der Waals surface area contributed by atoms with Crippen molar-refractivity contribution < 1.29 is 38.8 Å². The molecular formula is C45H52IrNO4-. The molecule has 0 amide bonds. The van der Waals surface area contributed by atoms with Gasteiger partial charge in [0.25, 0.3) is 0 Å². The van der Waals surface area contributed by atoms with Crippen LogP contribution in [0.15, 0.2) is 93.8 Å². The molecule has 1 radical (unpaired) electrons. The molecule has 0 spiro atoms. The third-order valence-corrected chi connectivity index (χ3v) is 10.9. The molecule has 0 aliphatic heterocycles. The largest absolute Gasteiger partial charge is 0.512 e. The standard InChI is InChI=1S/C30H24NO2.C15H28O2.Ir/c1-18-17-32-28-15-20(9-10-22(18)28)27-16-24-26(33-27)11-12-31-29(24)21-13-19-7-5-6-8-23(19)25(14-21)30(2,3)4;1-7-14(5,8-2)12(16)11-13(17)15(6,9-3)10-4;/h5-12,14-17H,1-4H3;11,16H,7-10H2,1-6H3;/q-1;;/b;12-11-;. The van der Waals surface area contributed by atoms with Crippen molar-refractivity contribution in [2.24, 2.45) is 10.8 Å². The van der Waals surface area contributed by atoms with Gasteiger partial charge in [0.05, 0.1) is 6.26 Å². The summed E-state index contributed by atoms with van der Waals surface area (Å²) in [5, 5.41) is 14.6. The first kappa shape index (κ1) is 39.8. The molecule has 6 heteroatoms. The van der Waals surface area contributed by atoms with Gasteiger partial charge in [0.15, 0.2) is 5.78 Å². The second-order valence-electron chi connectivity index (χ2n) is 15.1. The number of benzene rings is 3. The fourth-order valence-corrected chi connectivity index (χ4v) is 6.30. The number of hydrogen-bond acceptors (Lipinski definition) is 5. The summed E-state index contributed by atoms with van der Waals surface area (Å²) in [5.74, 6) is 1.08. The molecule has 1 N–H and O–H groups in total. The predicted octanol–water partition coefficient (Wildman–Crippen LogP) is 13.1. The summed E-state index contributed by atoms with van der Waals surface area (Å²) in [6.45, 7) is 20.9. The number of carbonyl (C=O) groups excluding carboxylic acids is 1. The van der Waals surface area contributed by atoms with Gasteiger partial charge in [0, 0.05) is 65.2 Å². The van der Waals surface area contributed by atoms with Crippen LogP contribution in [0.2, 0.25) is 0 Å². The zero-order valence-electron chi connectivity index (χ0n) is 31.8. The SMILES string of the molecule is CCC(C)(CC)C(=O)/C=C(\O)C(C)(CC)CC.Cc1coc2cc(-c3cc4c(-c5[c-]c6ccccc6c(C(C)(C)C)c5)nccc4o3)ccc12.[Ir]. The molecule has 3 aromatic heterocycles. The average molecular weight is 863 g/mol. The van der Waals surface area contributed by atoms with Crippen molar-refractivity contribution in [1.29, 1.82) is 0 Å². The molecule has 0 atom stereocenters. The van der Waals surface area contributed by atoms with Crippen LogP contribution in [-0.4, -0.2) is 15.9 Å². The van der Waals surface area contributed by atoms with Gasteiger partial charge in [-0.2, -0.15) is 0 Å². The number of rotatable bonds is 9. The van der Waals surface area contributed by atoms with E-state index in [0.29, 0.717) is 0 Å². The van der Waals surface area contributed by atoms with E-state index in [0.717, 1.165) is 81.2 Å². The Balaban J connectivity index is 0.000000279. The summed E-state index contributed by atoms with van der Waals surface area (Å²) in [6, 6.07) is 24.5. The minimum atomic E-state index is -0.337. The molecule has 6 rings (SSSR count). The van der Waals surface area contributed by atoms with Gasteiger partial charge in [-0.3, -0.25) is 9.78 Å². The van der Waals surface area contributed by atoms with Gasteiger partial charge in [-0.1, -0.05) is 104 Å². The van der Waals surface area contributed by atoms with Gasteiger partial charge in [-0.25, -0.2) is 0 Å². The van der Waals surface area contributed by atoms with Crippen molar-refractivity contribution >= 4 is 38.5 Å². The normalized spacial score (nSPS) is 12.5. The minimum Gasteiger partial charge on any atom is -0.512 e. The van der Waals surface area contributed by atoms with Gasteiger partial charge < -0.3 is 13.9 Å². The molecule has 0 saturated heterocycles. The van der Waals surface area contributed by atoms with Crippen LogP contribution < -0.4 is 0 Å². The predicted molar refractivity (Wildman–Crippen MR) is 208 cm³/mol. The van der Waals surface area contributed by atoms with Crippen molar-refractivity contribution in [2.45, 2.75) is 100 Å². The Morgan fingerprint density at radius 3 is 2.14 bits per heavy atom. The van der Waals surface area contributed by atoms with Crippen LogP contribution in [0.25, 0.3) is 55.3 Å². The molecule has 271 valence electrons. The maximum absolute atomic E-state index is 12.2. The maximum Gasteiger partial charge on any atom is 0.164 e. The molecule has 3 aromatic carbocycles. The number of ketones is 1. The molecule has 0 aliphatic carbocycles. The number of allylic oxidation sites excluding steroid dienone is 2. The van der Waals surface area contributed by atoms with Crippen molar-refractivity contribution in [2.75, 3.05) is 0 Å². The summed E-state index contributed by atoms with van der Waals surface area (Å²) < 4.78 is 12.0. The maximum atomic E-state index is 12.2. The average Bonchev–Trinajstić information content (AvgIpc) is 3.73. The monoisotopic (exact) mass is 863 g/mol.